The monoisotopic (exact) mass is 247 g/mol. The van der Waals surface area contributed by atoms with E-state index in [-0.39, 0.29) is 0 Å². The zero-order chi connectivity index (χ0) is 12.8. The van der Waals surface area contributed by atoms with Gasteiger partial charge in [0.1, 0.15) is 0 Å². The van der Waals surface area contributed by atoms with Gasteiger partial charge in [-0.15, -0.1) is 0 Å². The van der Waals surface area contributed by atoms with Gasteiger partial charge in [0.15, 0.2) is 0 Å². The minimum absolute atomic E-state index is 0.719. The van der Waals surface area contributed by atoms with Crippen LogP contribution in [0.3, 0.4) is 0 Å². The molecule has 0 aromatic heterocycles. The van der Waals surface area contributed by atoms with E-state index in [0.717, 1.165) is 38.1 Å². The summed E-state index contributed by atoms with van der Waals surface area (Å²) in [5, 5.41) is 3.57. The van der Waals surface area contributed by atoms with E-state index < -0.39 is 0 Å². The maximum Gasteiger partial charge on any atom is 0.0720 e. The van der Waals surface area contributed by atoms with Crippen LogP contribution in [0.2, 0.25) is 0 Å². The van der Waals surface area contributed by atoms with Gasteiger partial charge in [-0.2, -0.15) is 0 Å². The quantitative estimate of drug-likeness (QED) is 0.710. The first-order valence-electron chi connectivity index (χ1n) is 7.13. The van der Waals surface area contributed by atoms with E-state index in [1.807, 2.05) is 0 Å². The van der Waals surface area contributed by atoms with Gasteiger partial charge in [0, 0.05) is 19.2 Å². The molecule has 1 aromatic rings. The zero-order valence-corrected chi connectivity index (χ0v) is 11.6. The molecule has 1 aliphatic carbocycles. The smallest absolute Gasteiger partial charge is 0.0720 e. The van der Waals surface area contributed by atoms with E-state index in [2.05, 4.69) is 43.4 Å². The first-order valence-corrected chi connectivity index (χ1v) is 7.13. The third-order valence-corrected chi connectivity index (χ3v) is 3.37. The molecule has 18 heavy (non-hydrogen) atoms. The maximum absolute atomic E-state index is 5.77. The summed E-state index contributed by atoms with van der Waals surface area (Å²) >= 11 is 0. The molecule has 1 aromatic carbocycles. The lowest BCUT2D eigenvalue weighted by molar-refractivity contribution is 0.110. The molecule has 0 saturated heterocycles. The molecule has 2 heteroatoms. The second kappa shape index (κ2) is 6.91. The summed E-state index contributed by atoms with van der Waals surface area (Å²) in [6, 6.07) is 9.36. The number of rotatable bonds is 8. The fourth-order valence-electron chi connectivity index (χ4n) is 1.91. The predicted octanol–water partition coefficient (Wildman–Crippen LogP) is 3.50. The second-order valence-corrected chi connectivity index (χ2v) is 5.66. The summed E-state index contributed by atoms with van der Waals surface area (Å²) in [6.45, 7) is 7.05. The average molecular weight is 247 g/mol. The van der Waals surface area contributed by atoms with Gasteiger partial charge in [-0.1, -0.05) is 38.1 Å². The van der Waals surface area contributed by atoms with Crippen LogP contribution in [0.1, 0.15) is 44.2 Å². The Labute approximate surface area is 111 Å². The lowest BCUT2D eigenvalue weighted by atomic mass is 10.1. The number of nitrogens with one attached hydrogen (secondary N) is 1. The standard InChI is InChI=1S/C16H25NO/c1-13(2)9-10-18-12-15-6-4-3-5-14(15)11-17-16-7-8-16/h3-6,13,16-17H,7-12H2,1-2H3. The van der Waals surface area contributed by atoms with Crippen molar-refractivity contribution in [3.05, 3.63) is 35.4 Å². The summed E-state index contributed by atoms with van der Waals surface area (Å²) in [6.07, 6.45) is 3.82. The van der Waals surface area contributed by atoms with Crippen molar-refractivity contribution in [2.24, 2.45) is 5.92 Å². The van der Waals surface area contributed by atoms with Crippen LogP contribution in [0.25, 0.3) is 0 Å². The van der Waals surface area contributed by atoms with Crippen molar-refractivity contribution >= 4 is 0 Å². The summed E-state index contributed by atoms with van der Waals surface area (Å²) in [4.78, 5) is 0. The van der Waals surface area contributed by atoms with Crippen molar-refractivity contribution in [1.29, 1.82) is 0 Å². The third kappa shape index (κ3) is 4.79. The number of ether oxygens (including phenoxy) is 1. The summed E-state index contributed by atoms with van der Waals surface area (Å²) in [7, 11) is 0. The lowest BCUT2D eigenvalue weighted by Gasteiger charge is -2.11. The SMILES string of the molecule is CC(C)CCOCc1ccccc1CNC1CC1. The van der Waals surface area contributed by atoms with Crippen molar-refractivity contribution in [3.8, 4) is 0 Å². The van der Waals surface area contributed by atoms with Gasteiger partial charge in [0.05, 0.1) is 6.61 Å². The van der Waals surface area contributed by atoms with Gasteiger partial charge >= 0.3 is 0 Å². The molecule has 100 valence electrons. The minimum Gasteiger partial charge on any atom is -0.377 e. The molecule has 0 atom stereocenters. The highest BCUT2D eigenvalue weighted by molar-refractivity contribution is 5.26. The van der Waals surface area contributed by atoms with Crippen LogP contribution in [0.15, 0.2) is 24.3 Å². The summed E-state index contributed by atoms with van der Waals surface area (Å²) in [5.41, 5.74) is 2.71. The third-order valence-electron chi connectivity index (χ3n) is 3.37. The van der Waals surface area contributed by atoms with Gasteiger partial charge in [-0.05, 0) is 36.3 Å². The summed E-state index contributed by atoms with van der Waals surface area (Å²) in [5.74, 6) is 0.719. The van der Waals surface area contributed by atoms with Crippen molar-refractivity contribution in [3.63, 3.8) is 0 Å². The molecular weight excluding hydrogens is 222 g/mol. The average Bonchev–Trinajstić information content (AvgIpc) is 3.17. The molecule has 0 amide bonds. The fourth-order valence-corrected chi connectivity index (χ4v) is 1.91. The lowest BCUT2D eigenvalue weighted by Crippen LogP contribution is -2.16. The normalized spacial score (nSPS) is 15.3. The van der Waals surface area contributed by atoms with Crippen molar-refractivity contribution in [2.75, 3.05) is 6.61 Å². The van der Waals surface area contributed by atoms with E-state index >= 15 is 0 Å². The first-order chi connectivity index (χ1) is 8.75. The second-order valence-electron chi connectivity index (χ2n) is 5.66. The fraction of sp³-hybridized carbons (Fsp3) is 0.625. The molecule has 1 saturated carbocycles. The van der Waals surface area contributed by atoms with E-state index in [9.17, 15) is 0 Å². The van der Waals surface area contributed by atoms with Gasteiger partial charge < -0.3 is 10.1 Å². The van der Waals surface area contributed by atoms with Crippen LogP contribution in [0.4, 0.5) is 0 Å². The van der Waals surface area contributed by atoms with Gasteiger partial charge in [0.25, 0.3) is 0 Å². The molecule has 1 aliphatic rings. The molecule has 0 spiro atoms. The van der Waals surface area contributed by atoms with Gasteiger partial charge in [0.2, 0.25) is 0 Å². The Kier molecular flexibility index (Phi) is 5.21. The molecule has 0 bridgehead atoms. The highest BCUT2D eigenvalue weighted by atomic mass is 16.5. The topological polar surface area (TPSA) is 21.3 Å². The largest absolute Gasteiger partial charge is 0.377 e. The number of benzene rings is 1. The highest BCUT2D eigenvalue weighted by Crippen LogP contribution is 2.20. The molecule has 0 heterocycles. The number of hydrogen-bond acceptors (Lipinski definition) is 2. The Morgan fingerprint density at radius 2 is 1.94 bits per heavy atom. The van der Waals surface area contributed by atoms with E-state index in [1.165, 1.54) is 24.0 Å². The Balaban J connectivity index is 1.78. The predicted molar refractivity (Wildman–Crippen MR) is 75.4 cm³/mol. The van der Waals surface area contributed by atoms with E-state index in [1.54, 1.807) is 0 Å². The van der Waals surface area contributed by atoms with Crippen molar-refractivity contribution in [2.45, 2.75) is 52.3 Å². The number of hydrogen-bond donors (Lipinski definition) is 1. The first kappa shape index (κ1) is 13.6. The molecule has 0 aliphatic heterocycles. The van der Waals surface area contributed by atoms with Crippen LogP contribution >= 0.6 is 0 Å². The molecule has 1 fully saturated rings. The van der Waals surface area contributed by atoms with Gasteiger partial charge in [-0.3, -0.25) is 0 Å². The maximum atomic E-state index is 5.77. The van der Waals surface area contributed by atoms with E-state index in [0.29, 0.717) is 0 Å². The Morgan fingerprint density at radius 1 is 1.22 bits per heavy atom. The molecular formula is C16H25NO. The van der Waals surface area contributed by atoms with Crippen molar-refractivity contribution in [1.82, 2.24) is 5.32 Å². The molecule has 0 unspecified atom stereocenters. The Morgan fingerprint density at radius 3 is 2.61 bits per heavy atom. The molecule has 1 N–H and O–H groups in total. The zero-order valence-electron chi connectivity index (χ0n) is 11.6. The molecule has 2 rings (SSSR count). The van der Waals surface area contributed by atoms with E-state index in [4.69, 9.17) is 4.74 Å². The van der Waals surface area contributed by atoms with Crippen LogP contribution in [0.5, 0.6) is 0 Å². The van der Waals surface area contributed by atoms with Crippen LogP contribution < -0.4 is 5.32 Å². The Hall–Kier alpha value is -0.860. The molecule has 2 nitrogen and oxygen atoms in total. The highest BCUT2D eigenvalue weighted by Gasteiger charge is 2.20. The minimum atomic E-state index is 0.719. The van der Waals surface area contributed by atoms with Crippen molar-refractivity contribution < 1.29 is 4.74 Å². The molecule has 0 radical (unpaired) electrons. The van der Waals surface area contributed by atoms with Crippen LogP contribution in [-0.4, -0.2) is 12.6 Å². The Bertz CT molecular complexity index is 358. The van der Waals surface area contributed by atoms with Crippen LogP contribution in [0, 0.1) is 5.92 Å². The summed E-state index contributed by atoms with van der Waals surface area (Å²) < 4.78 is 5.77. The van der Waals surface area contributed by atoms with Gasteiger partial charge in [-0.25, -0.2) is 0 Å². The van der Waals surface area contributed by atoms with Crippen LogP contribution in [-0.2, 0) is 17.9 Å².